The molecular weight excluding hydrogens is 198 g/mol. The normalized spacial score (nSPS) is 16.1. The largest absolute Gasteiger partial charge is 0.495 e. The molecule has 0 amide bonds. The molecule has 0 aliphatic carbocycles. The van der Waals surface area contributed by atoms with Crippen molar-refractivity contribution in [2.45, 2.75) is 6.54 Å². The fraction of sp³-hybridized carbons (Fsp3) is 0.143. The van der Waals surface area contributed by atoms with Crippen LogP contribution in [0.4, 0.5) is 0 Å². The molecule has 1 aromatic rings. The van der Waals surface area contributed by atoms with Crippen LogP contribution in [-0.2, 0) is 6.54 Å². The third-order valence-electron chi connectivity index (χ3n) is 2.90. The quantitative estimate of drug-likeness (QED) is 0.661. The second kappa shape index (κ2) is 3.51. The second-order valence-electron chi connectivity index (χ2n) is 3.84. The fourth-order valence-electron chi connectivity index (χ4n) is 2.10. The third kappa shape index (κ3) is 1.32. The molecule has 0 spiro atoms. The fourth-order valence-corrected chi connectivity index (χ4v) is 2.10. The third-order valence-corrected chi connectivity index (χ3v) is 2.90. The Balaban J connectivity index is 2.14. The molecule has 16 heavy (non-hydrogen) atoms. The molecule has 0 N–H and O–H groups in total. The number of rotatable bonds is 1. The van der Waals surface area contributed by atoms with E-state index in [9.17, 15) is 0 Å². The van der Waals surface area contributed by atoms with E-state index in [-0.39, 0.29) is 0 Å². The van der Waals surface area contributed by atoms with Gasteiger partial charge in [-0.05, 0) is 11.6 Å². The zero-order valence-corrected chi connectivity index (χ0v) is 9.10. The van der Waals surface area contributed by atoms with Crippen molar-refractivity contribution in [2.24, 2.45) is 0 Å². The Morgan fingerprint density at radius 3 is 3.19 bits per heavy atom. The average Bonchev–Trinajstić information content (AvgIpc) is 2.35. The molecule has 2 aliphatic rings. The molecule has 0 bridgehead atoms. The number of hydrogen-bond donors (Lipinski definition) is 0. The summed E-state index contributed by atoms with van der Waals surface area (Å²) in [4.78, 5) is 2.18. The molecule has 3 rings (SSSR count). The maximum atomic E-state index is 5.37. The van der Waals surface area contributed by atoms with Crippen molar-refractivity contribution in [1.29, 1.82) is 0 Å². The van der Waals surface area contributed by atoms with E-state index in [1.165, 1.54) is 11.1 Å². The summed E-state index contributed by atoms with van der Waals surface area (Å²) in [6.07, 6.45) is 11.4. The molecule has 2 nitrogen and oxygen atoms in total. The average molecular weight is 210 g/mol. The Labute approximate surface area is 95.1 Å². The van der Waals surface area contributed by atoms with Gasteiger partial charge in [0.15, 0.2) is 0 Å². The smallest absolute Gasteiger partial charge is 0.210 e. The van der Waals surface area contributed by atoms with Crippen molar-refractivity contribution >= 4 is 6.08 Å². The van der Waals surface area contributed by atoms with Crippen LogP contribution in [0.3, 0.4) is 0 Å². The van der Waals surface area contributed by atoms with Gasteiger partial charge in [-0.1, -0.05) is 12.1 Å². The standard InChI is InChI=1S/C14H12NO/c1-16-14-7-4-5-11-10-15-8-3-2-6-12(15)9-13(11)14/h2-5,7-9H,10H2,1H3/q+1. The minimum atomic E-state index is 0.885. The summed E-state index contributed by atoms with van der Waals surface area (Å²) in [5.74, 6) is 0.931. The molecule has 0 saturated carbocycles. The van der Waals surface area contributed by atoms with Gasteiger partial charge in [0.05, 0.1) is 43.6 Å². The highest BCUT2D eigenvalue weighted by Gasteiger charge is 2.24. The SMILES string of the molecule is COc1cccc2c1C=C1[C+]=CC=CN1C2. The molecular formula is C14H12NO+. The van der Waals surface area contributed by atoms with Crippen LogP contribution in [0.5, 0.6) is 5.75 Å². The molecule has 1 aromatic carbocycles. The molecule has 0 saturated heterocycles. The van der Waals surface area contributed by atoms with E-state index in [0.717, 1.165) is 18.0 Å². The maximum absolute atomic E-state index is 5.37. The van der Waals surface area contributed by atoms with E-state index in [2.05, 4.69) is 29.3 Å². The summed E-state index contributed by atoms with van der Waals surface area (Å²) in [7, 11) is 1.71. The van der Waals surface area contributed by atoms with Gasteiger partial charge in [-0.15, -0.1) is 0 Å². The summed E-state index contributed by atoms with van der Waals surface area (Å²) in [6, 6.07) is 6.16. The molecule has 0 atom stereocenters. The number of nitrogens with zero attached hydrogens (tertiary/aromatic N) is 1. The monoisotopic (exact) mass is 210 g/mol. The van der Waals surface area contributed by atoms with E-state index in [0.29, 0.717) is 0 Å². The van der Waals surface area contributed by atoms with Crippen molar-refractivity contribution in [2.75, 3.05) is 7.11 Å². The number of ether oxygens (including phenoxy) is 1. The Hall–Kier alpha value is -2.05. The number of benzene rings is 1. The lowest BCUT2D eigenvalue weighted by molar-refractivity contribution is 0.408. The molecule has 0 radical (unpaired) electrons. The minimum absolute atomic E-state index is 0.885. The van der Waals surface area contributed by atoms with Gasteiger partial charge in [0.2, 0.25) is 5.70 Å². The maximum Gasteiger partial charge on any atom is 0.210 e. The van der Waals surface area contributed by atoms with Crippen LogP contribution in [-0.4, -0.2) is 12.0 Å². The lowest BCUT2D eigenvalue weighted by atomic mass is 9.99. The van der Waals surface area contributed by atoms with Crippen LogP contribution in [0.1, 0.15) is 11.1 Å². The van der Waals surface area contributed by atoms with E-state index >= 15 is 0 Å². The number of allylic oxidation sites excluding steroid dienone is 3. The van der Waals surface area contributed by atoms with Crippen LogP contribution >= 0.6 is 0 Å². The van der Waals surface area contributed by atoms with Crippen molar-refractivity contribution < 1.29 is 4.74 Å². The highest BCUT2D eigenvalue weighted by atomic mass is 16.5. The molecule has 0 unspecified atom stereocenters. The molecule has 0 aromatic heterocycles. The van der Waals surface area contributed by atoms with Gasteiger partial charge in [-0.3, -0.25) is 0 Å². The van der Waals surface area contributed by atoms with Crippen LogP contribution in [0.25, 0.3) is 6.08 Å². The van der Waals surface area contributed by atoms with E-state index in [4.69, 9.17) is 4.74 Å². The van der Waals surface area contributed by atoms with Crippen LogP contribution in [0.2, 0.25) is 0 Å². The number of hydrogen-bond acceptors (Lipinski definition) is 2. The van der Waals surface area contributed by atoms with E-state index in [1.807, 2.05) is 24.3 Å². The Kier molecular flexibility index (Phi) is 2.02. The zero-order chi connectivity index (χ0) is 11.0. The first-order valence-electron chi connectivity index (χ1n) is 5.29. The summed E-state index contributed by atoms with van der Waals surface area (Å²) >= 11 is 0. The highest BCUT2D eigenvalue weighted by molar-refractivity contribution is 5.66. The van der Waals surface area contributed by atoms with Crippen molar-refractivity contribution in [3.8, 4) is 5.75 Å². The Bertz CT molecular complexity index is 511. The predicted octanol–water partition coefficient (Wildman–Crippen LogP) is 2.74. The van der Waals surface area contributed by atoms with Gasteiger partial charge in [-0.25, -0.2) is 0 Å². The topological polar surface area (TPSA) is 12.5 Å². The summed E-state index contributed by atoms with van der Waals surface area (Å²) in [6.45, 7) is 0.885. The van der Waals surface area contributed by atoms with Gasteiger partial charge in [0.25, 0.3) is 0 Å². The molecule has 2 aliphatic heterocycles. The van der Waals surface area contributed by atoms with Gasteiger partial charge in [0, 0.05) is 0 Å². The van der Waals surface area contributed by atoms with Crippen molar-refractivity contribution in [1.82, 2.24) is 4.90 Å². The number of fused-ring (bicyclic) bond motifs is 2. The summed E-state index contributed by atoms with van der Waals surface area (Å²) in [5.41, 5.74) is 3.56. The van der Waals surface area contributed by atoms with Crippen LogP contribution < -0.4 is 4.74 Å². The molecule has 78 valence electrons. The first-order valence-corrected chi connectivity index (χ1v) is 5.29. The predicted molar refractivity (Wildman–Crippen MR) is 63.5 cm³/mol. The minimum Gasteiger partial charge on any atom is -0.495 e. The first-order chi connectivity index (χ1) is 7.88. The van der Waals surface area contributed by atoms with Gasteiger partial charge in [0.1, 0.15) is 11.8 Å². The van der Waals surface area contributed by atoms with Crippen molar-refractivity contribution in [3.05, 3.63) is 59.5 Å². The number of methoxy groups -OCH3 is 1. The van der Waals surface area contributed by atoms with Gasteiger partial charge >= 0.3 is 0 Å². The Morgan fingerprint density at radius 2 is 2.31 bits per heavy atom. The van der Waals surface area contributed by atoms with Gasteiger partial charge < -0.3 is 9.64 Å². The highest BCUT2D eigenvalue weighted by Crippen LogP contribution is 2.32. The molecule has 2 heterocycles. The molecule has 0 fully saturated rings. The second-order valence-corrected chi connectivity index (χ2v) is 3.84. The molecule has 2 heteroatoms. The van der Waals surface area contributed by atoms with Crippen molar-refractivity contribution in [3.63, 3.8) is 0 Å². The first kappa shape index (κ1) is 9.20. The van der Waals surface area contributed by atoms with E-state index in [1.54, 1.807) is 7.11 Å². The van der Waals surface area contributed by atoms with Crippen LogP contribution in [0, 0.1) is 6.08 Å². The lowest BCUT2D eigenvalue weighted by Gasteiger charge is -2.23. The summed E-state index contributed by atoms with van der Waals surface area (Å²) in [5, 5.41) is 0. The zero-order valence-electron chi connectivity index (χ0n) is 9.10. The van der Waals surface area contributed by atoms with E-state index < -0.39 is 0 Å². The van der Waals surface area contributed by atoms with Gasteiger partial charge in [-0.2, -0.15) is 0 Å². The van der Waals surface area contributed by atoms with Crippen LogP contribution in [0.15, 0.2) is 42.2 Å². The lowest BCUT2D eigenvalue weighted by Crippen LogP contribution is -2.21. The summed E-state index contributed by atoms with van der Waals surface area (Å²) < 4.78 is 5.37. The Morgan fingerprint density at radius 1 is 1.38 bits per heavy atom.